The molecule has 3 nitrogen and oxygen atoms in total. The van der Waals surface area contributed by atoms with Crippen molar-refractivity contribution < 1.29 is 15.3 Å². The van der Waals surface area contributed by atoms with Gasteiger partial charge in [0.15, 0.2) is 0 Å². The van der Waals surface area contributed by atoms with Crippen LogP contribution in [0.1, 0.15) is 91.9 Å². The second-order valence-corrected chi connectivity index (χ2v) is 11.4. The molecule has 30 heavy (non-hydrogen) atoms. The van der Waals surface area contributed by atoms with Crippen molar-refractivity contribution in [1.82, 2.24) is 0 Å². The summed E-state index contributed by atoms with van der Waals surface area (Å²) in [7, 11) is 0. The maximum Gasteiger partial charge on any atom is 0.0616 e. The molecule has 6 atom stereocenters. The monoisotopic (exact) mass is 416 g/mol. The zero-order chi connectivity index (χ0) is 22.1. The Bertz CT molecular complexity index is 683. The highest BCUT2D eigenvalue weighted by Crippen LogP contribution is 2.60. The van der Waals surface area contributed by atoms with Gasteiger partial charge in [0.25, 0.3) is 0 Å². The van der Waals surface area contributed by atoms with Crippen LogP contribution < -0.4 is 0 Å². The Labute approximate surface area is 184 Å². The van der Waals surface area contributed by atoms with E-state index in [-0.39, 0.29) is 6.10 Å². The van der Waals surface area contributed by atoms with Crippen molar-refractivity contribution in [2.45, 2.75) is 110 Å². The molecule has 0 saturated heterocycles. The Kier molecular flexibility index (Phi) is 7.37. The van der Waals surface area contributed by atoms with E-state index in [0.717, 1.165) is 25.7 Å². The average molecular weight is 417 g/mol. The van der Waals surface area contributed by atoms with E-state index in [1.165, 1.54) is 43.3 Å². The van der Waals surface area contributed by atoms with Crippen LogP contribution in [0.2, 0.25) is 0 Å². The fraction of sp³-hybridized carbons (Fsp3) is 0.778. The normalized spacial score (nSPS) is 37.4. The number of rotatable bonds is 6. The number of hydrogen-bond acceptors (Lipinski definition) is 3. The molecule has 0 aliphatic heterocycles. The number of aliphatic hydroxyl groups excluding tert-OH is 2. The quantitative estimate of drug-likeness (QED) is 0.520. The van der Waals surface area contributed by atoms with E-state index in [1.54, 1.807) is 19.4 Å². The van der Waals surface area contributed by atoms with E-state index in [0.29, 0.717) is 29.6 Å². The molecule has 0 heterocycles. The number of hydrogen-bond donors (Lipinski definition) is 3. The number of aliphatic hydroxyl groups is 3. The summed E-state index contributed by atoms with van der Waals surface area (Å²) in [6.45, 7) is 12.6. The average Bonchev–Trinajstić information content (AvgIpc) is 2.98. The summed E-state index contributed by atoms with van der Waals surface area (Å²) in [4.78, 5) is 0. The molecule has 0 radical (unpaired) electrons. The van der Waals surface area contributed by atoms with E-state index in [4.69, 9.17) is 0 Å². The van der Waals surface area contributed by atoms with Crippen molar-refractivity contribution in [3.8, 4) is 0 Å². The Morgan fingerprint density at radius 3 is 2.63 bits per heavy atom. The summed E-state index contributed by atoms with van der Waals surface area (Å²) in [6.07, 6.45) is 13.8. The summed E-state index contributed by atoms with van der Waals surface area (Å²) < 4.78 is 0. The van der Waals surface area contributed by atoms with Crippen LogP contribution in [0.15, 0.2) is 35.5 Å². The van der Waals surface area contributed by atoms with Crippen molar-refractivity contribution in [3.63, 3.8) is 0 Å². The molecule has 0 aromatic carbocycles. The van der Waals surface area contributed by atoms with Gasteiger partial charge in [-0.05, 0) is 100 Å². The molecular formula is C27H44O3. The van der Waals surface area contributed by atoms with Crippen molar-refractivity contribution >= 4 is 0 Å². The third kappa shape index (κ3) is 5.47. The van der Waals surface area contributed by atoms with Gasteiger partial charge >= 0.3 is 0 Å². The van der Waals surface area contributed by atoms with Gasteiger partial charge in [-0.2, -0.15) is 0 Å². The molecule has 0 unspecified atom stereocenters. The van der Waals surface area contributed by atoms with Crippen LogP contribution >= 0.6 is 0 Å². The second kappa shape index (κ2) is 9.30. The molecule has 170 valence electrons. The zero-order valence-electron chi connectivity index (χ0n) is 19.7. The van der Waals surface area contributed by atoms with E-state index in [2.05, 4.69) is 32.6 Å². The van der Waals surface area contributed by atoms with Gasteiger partial charge in [-0.3, -0.25) is 0 Å². The predicted molar refractivity (Wildman–Crippen MR) is 124 cm³/mol. The summed E-state index contributed by atoms with van der Waals surface area (Å²) >= 11 is 0. The molecule has 0 aromatic heterocycles. The molecule has 3 heteroatoms. The largest absolute Gasteiger partial charge is 0.393 e. The first-order chi connectivity index (χ1) is 14.0. The van der Waals surface area contributed by atoms with Crippen molar-refractivity contribution in [3.05, 3.63) is 35.5 Å². The Morgan fingerprint density at radius 1 is 1.20 bits per heavy atom. The maximum absolute atomic E-state index is 10.5. The molecular weight excluding hydrogens is 372 g/mol. The lowest BCUT2D eigenvalue weighted by Crippen LogP contribution is -2.37. The van der Waals surface area contributed by atoms with Gasteiger partial charge in [0, 0.05) is 6.42 Å². The van der Waals surface area contributed by atoms with Gasteiger partial charge in [-0.1, -0.05) is 43.7 Å². The van der Waals surface area contributed by atoms with E-state index >= 15 is 0 Å². The molecule has 3 aliphatic carbocycles. The lowest BCUT2D eigenvalue weighted by Gasteiger charge is -2.44. The van der Waals surface area contributed by atoms with E-state index in [9.17, 15) is 15.3 Å². The Balaban J connectivity index is 1.71. The molecule has 0 bridgehead atoms. The highest BCUT2D eigenvalue weighted by atomic mass is 16.3. The number of allylic oxidation sites excluding steroid dienone is 4. The van der Waals surface area contributed by atoms with Crippen molar-refractivity contribution in [2.24, 2.45) is 23.2 Å². The first-order valence-electron chi connectivity index (χ1n) is 12.2. The minimum Gasteiger partial charge on any atom is -0.393 e. The summed E-state index contributed by atoms with van der Waals surface area (Å²) in [6, 6.07) is 0. The summed E-state index contributed by atoms with van der Waals surface area (Å²) in [5.41, 5.74) is 3.49. The molecule has 0 spiro atoms. The van der Waals surface area contributed by atoms with Crippen LogP contribution in [0.3, 0.4) is 0 Å². The van der Waals surface area contributed by atoms with Gasteiger partial charge in [0.1, 0.15) is 0 Å². The molecule has 0 aromatic rings. The van der Waals surface area contributed by atoms with Crippen molar-refractivity contribution in [1.29, 1.82) is 0 Å². The highest BCUT2D eigenvalue weighted by Gasteiger charge is 2.50. The van der Waals surface area contributed by atoms with Crippen LogP contribution in [0.4, 0.5) is 0 Å². The molecule has 3 fully saturated rings. The standard InChI is InChI=1S/C27H44O3/c1-18-8-11-22(28)16-21(18)10-9-20-7-6-14-27(5)24(12-13-25(20)27)19(2)15-23(29)17-26(3,4)30/h9-10,19,22-25,28-30H,1,6-8,11-17H2,2-5H3/b20-9+,21-10+/t19-,22-,23+,24-,25+,27-/m1/s1. The zero-order valence-corrected chi connectivity index (χ0v) is 19.7. The maximum atomic E-state index is 10.5. The van der Waals surface area contributed by atoms with Crippen molar-refractivity contribution in [2.75, 3.05) is 0 Å². The molecule has 3 N–H and O–H groups in total. The molecule has 3 aliphatic rings. The lowest BCUT2D eigenvalue weighted by molar-refractivity contribution is 0.000134. The first-order valence-corrected chi connectivity index (χ1v) is 12.2. The Hall–Kier alpha value is -0.900. The fourth-order valence-corrected chi connectivity index (χ4v) is 6.86. The summed E-state index contributed by atoms with van der Waals surface area (Å²) in [5.74, 6) is 1.72. The predicted octanol–water partition coefficient (Wildman–Crippen LogP) is 5.70. The highest BCUT2D eigenvalue weighted by molar-refractivity contribution is 5.36. The van der Waals surface area contributed by atoms with Crippen LogP contribution in [-0.4, -0.2) is 33.1 Å². The van der Waals surface area contributed by atoms with Crippen LogP contribution in [0.25, 0.3) is 0 Å². The minimum atomic E-state index is -0.813. The third-order valence-electron chi connectivity index (χ3n) is 8.29. The SMILES string of the molecule is C=C1CC[C@@H](O)C/C1=C\C=C1/CCC[C@]2(C)[C@@H]([C@H](C)C[C@H](O)CC(C)(C)O)CC[C@@H]12. The molecule has 0 amide bonds. The van der Waals surface area contributed by atoms with Crippen LogP contribution in [-0.2, 0) is 0 Å². The first kappa shape index (κ1) is 23.8. The van der Waals surface area contributed by atoms with Crippen LogP contribution in [0.5, 0.6) is 0 Å². The van der Waals surface area contributed by atoms with E-state index in [1.807, 2.05) is 0 Å². The van der Waals surface area contributed by atoms with Gasteiger partial charge in [0.2, 0.25) is 0 Å². The van der Waals surface area contributed by atoms with Gasteiger partial charge in [0.05, 0.1) is 17.8 Å². The topological polar surface area (TPSA) is 60.7 Å². The number of fused-ring (bicyclic) bond motifs is 1. The van der Waals surface area contributed by atoms with Gasteiger partial charge in [-0.15, -0.1) is 0 Å². The van der Waals surface area contributed by atoms with E-state index < -0.39 is 11.7 Å². The smallest absolute Gasteiger partial charge is 0.0616 e. The third-order valence-corrected chi connectivity index (χ3v) is 8.29. The lowest BCUT2D eigenvalue weighted by atomic mass is 9.60. The fourth-order valence-electron chi connectivity index (χ4n) is 6.86. The Morgan fingerprint density at radius 2 is 1.93 bits per heavy atom. The van der Waals surface area contributed by atoms with Gasteiger partial charge < -0.3 is 15.3 Å². The molecule has 3 saturated carbocycles. The van der Waals surface area contributed by atoms with Crippen LogP contribution in [0, 0.1) is 23.2 Å². The second-order valence-electron chi connectivity index (χ2n) is 11.4. The summed E-state index contributed by atoms with van der Waals surface area (Å²) in [5, 5.41) is 30.6. The molecule has 3 rings (SSSR count). The minimum absolute atomic E-state index is 0.219. The van der Waals surface area contributed by atoms with Gasteiger partial charge in [-0.25, -0.2) is 0 Å².